The molecule has 0 bridgehead atoms. The van der Waals surface area contributed by atoms with Crippen LogP contribution < -0.4 is 0 Å². The predicted octanol–water partition coefficient (Wildman–Crippen LogP) is 1.77. The van der Waals surface area contributed by atoms with Crippen LogP contribution in [0, 0.1) is 0 Å². The Morgan fingerprint density at radius 1 is 1.43 bits per heavy atom. The van der Waals surface area contributed by atoms with Crippen molar-refractivity contribution in [3.8, 4) is 0 Å². The van der Waals surface area contributed by atoms with Crippen LogP contribution >= 0.6 is 29.5 Å². The first-order valence-corrected chi connectivity index (χ1v) is 5.74. The van der Waals surface area contributed by atoms with Crippen molar-refractivity contribution in [2.75, 3.05) is 11.2 Å². The number of halogens is 2. The van der Waals surface area contributed by atoms with E-state index in [1.54, 1.807) is 0 Å². The molecule has 0 amide bonds. The van der Waals surface area contributed by atoms with Gasteiger partial charge in [0.2, 0.25) is 0 Å². The summed E-state index contributed by atoms with van der Waals surface area (Å²) in [6, 6.07) is 0. The van der Waals surface area contributed by atoms with Crippen molar-refractivity contribution < 1.29 is 4.89 Å². The Balaban J connectivity index is 3.61. The highest BCUT2D eigenvalue weighted by atomic mass is 35.5. The predicted molar refractivity (Wildman–Crippen MR) is 37.9 cm³/mol. The number of hydrogen-bond donors (Lipinski definition) is 1. The minimum absolute atomic E-state index is 0.117. The van der Waals surface area contributed by atoms with Crippen LogP contribution in [0.25, 0.3) is 0 Å². The first-order chi connectivity index (χ1) is 3.12. The van der Waals surface area contributed by atoms with Gasteiger partial charge in [0, 0.05) is 0 Å². The van der Waals surface area contributed by atoms with Gasteiger partial charge in [-0.1, -0.05) is 11.8 Å². The van der Waals surface area contributed by atoms with E-state index in [9.17, 15) is 0 Å². The highest BCUT2D eigenvalue weighted by molar-refractivity contribution is 8.12. The molecule has 0 aliphatic rings. The molecule has 0 aromatic heterocycles. The third-order valence-electron chi connectivity index (χ3n) is 0.374. The monoisotopic (exact) mass is 178 g/mol. The second kappa shape index (κ2) is 3.26. The normalized spacial score (nSPS) is 11.9. The summed E-state index contributed by atoms with van der Waals surface area (Å²) in [6.07, 6.45) is -2.29. The molecule has 0 heterocycles. The van der Waals surface area contributed by atoms with E-state index in [-0.39, 0.29) is 11.2 Å². The van der Waals surface area contributed by atoms with Crippen LogP contribution in [-0.4, -0.2) is 16.1 Å². The molecule has 0 aliphatic carbocycles. The summed E-state index contributed by atoms with van der Waals surface area (Å²) in [7, 11) is 0. The lowest BCUT2D eigenvalue weighted by atomic mass is 11.9. The molecule has 0 spiro atoms. The van der Waals surface area contributed by atoms with Gasteiger partial charge >= 0.3 is 0 Å². The van der Waals surface area contributed by atoms with Gasteiger partial charge in [-0.15, -0.1) is 23.2 Å². The molecular formula is C2H5Cl2OPS. The van der Waals surface area contributed by atoms with E-state index < -0.39 is 6.26 Å². The van der Waals surface area contributed by atoms with Crippen LogP contribution in [0.3, 0.4) is 0 Å². The second-order valence-corrected chi connectivity index (χ2v) is 6.73. The quantitative estimate of drug-likeness (QED) is 0.514. The van der Waals surface area contributed by atoms with Gasteiger partial charge in [-0.3, -0.25) is 0 Å². The molecule has 44 valence electrons. The molecule has 1 nitrogen and oxygen atoms in total. The molecule has 0 rings (SSSR count). The lowest BCUT2D eigenvalue weighted by Gasteiger charge is -2.03. The summed E-state index contributed by atoms with van der Waals surface area (Å²) in [5.41, 5.74) is 0.234. The van der Waals surface area contributed by atoms with Crippen molar-refractivity contribution >= 4 is 41.3 Å². The molecule has 7 heavy (non-hydrogen) atoms. The van der Waals surface area contributed by atoms with Crippen LogP contribution in [0.5, 0.6) is 0 Å². The van der Waals surface area contributed by atoms with E-state index in [1.165, 1.54) is 0 Å². The van der Waals surface area contributed by atoms with Crippen molar-refractivity contribution in [3.63, 3.8) is 0 Å². The summed E-state index contributed by atoms with van der Waals surface area (Å²) in [5.74, 6) is 0. The van der Waals surface area contributed by atoms with Crippen molar-refractivity contribution in [1.82, 2.24) is 0 Å². The van der Waals surface area contributed by atoms with Crippen LogP contribution in [0.2, 0.25) is 0 Å². The lowest BCUT2D eigenvalue weighted by Crippen LogP contribution is -1.78. The third-order valence-corrected chi connectivity index (χ3v) is 5.12. The SMILES string of the molecule is OP(=S)(CCl)CCl. The number of rotatable bonds is 2. The average Bonchev–Trinajstić information content (AvgIpc) is 1.68. The molecule has 0 aliphatic heterocycles. The largest absolute Gasteiger partial charge is 0.363 e. The summed E-state index contributed by atoms with van der Waals surface area (Å²) < 4.78 is 0. The third kappa shape index (κ3) is 3.75. The minimum Gasteiger partial charge on any atom is -0.363 e. The van der Waals surface area contributed by atoms with E-state index in [1.807, 2.05) is 0 Å². The molecule has 0 fully saturated rings. The Hall–Kier alpha value is 1.19. The molecule has 0 atom stereocenters. The zero-order valence-corrected chi connectivity index (χ0v) is 6.70. The Morgan fingerprint density at radius 2 is 1.71 bits per heavy atom. The van der Waals surface area contributed by atoms with Gasteiger partial charge in [0.1, 0.15) is 0 Å². The Morgan fingerprint density at radius 3 is 1.71 bits per heavy atom. The van der Waals surface area contributed by atoms with Gasteiger partial charge < -0.3 is 4.89 Å². The Bertz CT molecular complexity index is 87.7. The van der Waals surface area contributed by atoms with Crippen LogP contribution in [-0.2, 0) is 11.8 Å². The van der Waals surface area contributed by atoms with Crippen LogP contribution in [0.1, 0.15) is 0 Å². The van der Waals surface area contributed by atoms with Gasteiger partial charge in [0.05, 0.1) is 17.5 Å². The molecule has 1 N–H and O–H groups in total. The van der Waals surface area contributed by atoms with Gasteiger partial charge in [-0.2, -0.15) is 0 Å². The first kappa shape index (κ1) is 8.19. The fourth-order valence-electron chi connectivity index (χ4n) is 0.0319. The van der Waals surface area contributed by atoms with Crippen molar-refractivity contribution in [3.05, 3.63) is 0 Å². The maximum atomic E-state index is 8.79. The van der Waals surface area contributed by atoms with Crippen molar-refractivity contribution in [2.45, 2.75) is 0 Å². The van der Waals surface area contributed by atoms with Crippen LogP contribution in [0.15, 0.2) is 0 Å². The molecule has 0 unspecified atom stereocenters. The lowest BCUT2D eigenvalue weighted by molar-refractivity contribution is 0.631. The average molecular weight is 179 g/mol. The van der Waals surface area contributed by atoms with Crippen LogP contribution in [0.4, 0.5) is 0 Å². The molecule has 0 radical (unpaired) electrons. The highest BCUT2D eigenvalue weighted by Gasteiger charge is 2.06. The standard InChI is InChI=1S/C2H5Cl2OPS/c3-1-6(5,7)2-4/h1-2H2,(H,5,7). The minimum atomic E-state index is -2.29. The molecular weight excluding hydrogens is 174 g/mol. The molecule has 0 saturated carbocycles. The number of alkyl halides is 2. The van der Waals surface area contributed by atoms with E-state index in [0.717, 1.165) is 0 Å². The Kier molecular flexibility index (Phi) is 3.82. The Labute approximate surface area is 57.7 Å². The van der Waals surface area contributed by atoms with Gasteiger partial charge in [-0.25, -0.2) is 0 Å². The summed E-state index contributed by atoms with van der Waals surface area (Å²) in [6.45, 7) is 0. The topological polar surface area (TPSA) is 20.2 Å². The number of hydrogen-bond acceptors (Lipinski definition) is 1. The zero-order valence-electron chi connectivity index (χ0n) is 3.47. The second-order valence-electron chi connectivity index (χ2n) is 1.09. The van der Waals surface area contributed by atoms with Gasteiger partial charge in [0.25, 0.3) is 0 Å². The summed E-state index contributed by atoms with van der Waals surface area (Å²) in [5, 5.41) is 0. The van der Waals surface area contributed by atoms with Gasteiger partial charge in [-0.05, 0) is 0 Å². The maximum Gasteiger partial charge on any atom is 0.0916 e. The van der Waals surface area contributed by atoms with Crippen molar-refractivity contribution in [2.24, 2.45) is 0 Å². The fraction of sp³-hybridized carbons (Fsp3) is 1.00. The summed E-state index contributed by atoms with van der Waals surface area (Å²) >= 11 is 15.0. The summed E-state index contributed by atoms with van der Waals surface area (Å²) in [4.78, 5) is 8.79. The zero-order chi connectivity index (χ0) is 5.91. The van der Waals surface area contributed by atoms with E-state index in [4.69, 9.17) is 28.1 Å². The molecule has 0 aromatic rings. The maximum absolute atomic E-state index is 8.79. The first-order valence-electron chi connectivity index (χ1n) is 1.55. The van der Waals surface area contributed by atoms with E-state index in [0.29, 0.717) is 0 Å². The van der Waals surface area contributed by atoms with Gasteiger partial charge in [0.15, 0.2) is 0 Å². The van der Waals surface area contributed by atoms with Crippen molar-refractivity contribution in [1.29, 1.82) is 0 Å². The van der Waals surface area contributed by atoms with E-state index >= 15 is 0 Å². The fourth-order valence-corrected chi connectivity index (χ4v) is 0.862. The molecule has 5 heteroatoms. The smallest absolute Gasteiger partial charge is 0.0916 e. The highest BCUT2D eigenvalue weighted by Crippen LogP contribution is 2.42. The van der Waals surface area contributed by atoms with E-state index in [2.05, 4.69) is 11.8 Å². The molecule has 0 saturated heterocycles. The molecule has 0 aromatic carbocycles.